The van der Waals surface area contributed by atoms with Crippen molar-refractivity contribution in [1.29, 1.82) is 0 Å². The Morgan fingerprint density at radius 1 is 1.13 bits per heavy atom. The van der Waals surface area contributed by atoms with E-state index in [-0.39, 0.29) is 6.04 Å². The highest BCUT2D eigenvalue weighted by molar-refractivity contribution is 6.30. The van der Waals surface area contributed by atoms with Crippen LogP contribution in [-0.4, -0.2) is 0 Å². The zero-order chi connectivity index (χ0) is 11.1. The number of nitrogens with two attached hydrogens (primary N) is 1. The van der Waals surface area contributed by atoms with E-state index in [0.29, 0.717) is 0 Å². The van der Waals surface area contributed by atoms with Gasteiger partial charge in [-0.05, 0) is 24.1 Å². The van der Waals surface area contributed by atoms with E-state index in [9.17, 15) is 0 Å². The van der Waals surface area contributed by atoms with Crippen molar-refractivity contribution in [3.63, 3.8) is 0 Å². The van der Waals surface area contributed by atoms with Crippen LogP contribution in [-0.2, 0) is 0 Å². The fourth-order valence-corrected chi connectivity index (χ4v) is 1.79. The van der Waals surface area contributed by atoms with Crippen molar-refractivity contribution < 1.29 is 0 Å². The lowest BCUT2D eigenvalue weighted by Gasteiger charge is -2.11. The predicted octanol–water partition coefficient (Wildman–Crippen LogP) is 4.31. The molecule has 0 fully saturated rings. The number of halogens is 1. The van der Waals surface area contributed by atoms with E-state index in [1.54, 1.807) is 0 Å². The van der Waals surface area contributed by atoms with E-state index in [2.05, 4.69) is 6.92 Å². The summed E-state index contributed by atoms with van der Waals surface area (Å²) in [6.07, 6.45) is 6.17. The first-order valence-electron chi connectivity index (χ1n) is 5.75. The lowest BCUT2D eigenvalue weighted by atomic mass is 10.0. The number of benzene rings is 1. The zero-order valence-corrected chi connectivity index (χ0v) is 10.1. The summed E-state index contributed by atoms with van der Waals surface area (Å²) in [5.41, 5.74) is 7.27. The molecule has 1 nitrogen and oxygen atoms in total. The summed E-state index contributed by atoms with van der Waals surface area (Å²) in [4.78, 5) is 0. The maximum absolute atomic E-state index is 6.08. The van der Waals surface area contributed by atoms with Crippen molar-refractivity contribution in [3.8, 4) is 0 Å². The van der Waals surface area contributed by atoms with Crippen LogP contribution in [0.4, 0.5) is 0 Å². The Balaban J connectivity index is 2.33. The summed E-state index contributed by atoms with van der Waals surface area (Å²) < 4.78 is 0. The first kappa shape index (κ1) is 12.5. The van der Waals surface area contributed by atoms with Crippen LogP contribution < -0.4 is 5.73 Å². The molecule has 0 amide bonds. The van der Waals surface area contributed by atoms with Gasteiger partial charge in [0.15, 0.2) is 0 Å². The van der Waals surface area contributed by atoms with Gasteiger partial charge in [-0.2, -0.15) is 0 Å². The zero-order valence-electron chi connectivity index (χ0n) is 9.38. The van der Waals surface area contributed by atoms with Gasteiger partial charge in [0.1, 0.15) is 0 Å². The lowest BCUT2D eigenvalue weighted by Crippen LogP contribution is -2.09. The smallest absolute Gasteiger partial charge is 0.0406 e. The molecule has 0 aliphatic carbocycles. The molecule has 1 unspecified atom stereocenters. The van der Waals surface area contributed by atoms with Gasteiger partial charge in [-0.3, -0.25) is 0 Å². The second-order valence-electron chi connectivity index (χ2n) is 4.01. The van der Waals surface area contributed by atoms with Crippen LogP contribution in [0.25, 0.3) is 0 Å². The molecule has 15 heavy (non-hydrogen) atoms. The normalized spacial score (nSPS) is 12.7. The minimum Gasteiger partial charge on any atom is -0.324 e. The number of hydrogen-bond acceptors (Lipinski definition) is 1. The van der Waals surface area contributed by atoms with Crippen molar-refractivity contribution >= 4 is 11.6 Å². The molecule has 0 aliphatic heterocycles. The molecule has 0 radical (unpaired) electrons. The Bertz CT molecular complexity index is 268. The molecule has 0 aliphatic rings. The van der Waals surface area contributed by atoms with Crippen LogP contribution in [0.5, 0.6) is 0 Å². The summed E-state index contributed by atoms with van der Waals surface area (Å²) in [7, 11) is 0. The van der Waals surface area contributed by atoms with Gasteiger partial charge < -0.3 is 5.73 Å². The van der Waals surface area contributed by atoms with Crippen molar-refractivity contribution in [1.82, 2.24) is 0 Å². The van der Waals surface area contributed by atoms with Gasteiger partial charge in [-0.1, -0.05) is 56.3 Å². The predicted molar refractivity (Wildman–Crippen MR) is 67.1 cm³/mol. The van der Waals surface area contributed by atoms with Crippen molar-refractivity contribution in [2.75, 3.05) is 0 Å². The minimum absolute atomic E-state index is 0.166. The van der Waals surface area contributed by atoms with E-state index in [1.807, 2.05) is 24.3 Å². The molecule has 1 aromatic rings. The molecule has 84 valence electrons. The molecule has 0 saturated heterocycles. The van der Waals surface area contributed by atoms with Gasteiger partial charge in [0.05, 0.1) is 0 Å². The van der Waals surface area contributed by atoms with Gasteiger partial charge in [-0.15, -0.1) is 0 Å². The molecule has 2 heteroatoms. The summed E-state index contributed by atoms with van der Waals surface area (Å²) in [5, 5.41) is 0.775. The first-order valence-corrected chi connectivity index (χ1v) is 6.13. The van der Waals surface area contributed by atoms with E-state index < -0.39 is 0 Å². The molecule has 0 heterocycles. The molecule has 1 rings (SSSR count). The second-order valence-corrected chi connectivity index (χ2v) is 4.44. The van der Waals surface area contributed by atoms with Crippen LogP contribution in [0.3, 0.4) is 0 Å². The molecule has 2 N–H and O–H groups in total. The summed E-state index contributed by atoms with van der Waals surface area (Å²) in [6.45, 7) is 2.22. The van der Waals surface area contributed by atoms with Crippen molar-refractivity contribution in [2.24, 2.45) is 5.73 Å². The summed E-state index contributed by atoms with van der Waals surface area (Å²) >= 11 is 5.82. The molecule has 0 spiro atoms. The lowest BCUT2D eigenvalue weighted by molar-refractivity contribution is 0.566. The average molecular weight is 226 g/mol. The highest BCUT2D eigenvalue weighted by Crippen LogP contribution is 2.19. The third kappa shape index (κ3) is 4.67. The molecule has 1 atom stereocenters. The van der Waals surface area contributed by atoms with E-state index in [0.717, 1.165) is 11.4 Å². The number of unbranched alkanes of at least 4 members (excludes halogenated alkanes) is 3. The van der Waals surface area contributed by atoms with Gasteiger partial charge >= 0.3 is 0 Å². The fraction of sp³-hybridized carbons (Fsp3) is 0.538. The van der Waals surface area contributed by atoms with Crippen LogP contribution in [0.2, 0.25) is 5.02 Å². The number of rotatable bonds is 6. The Morgan fingerprint density at radius 2 is 1.80 bits per heavy atom. The molecule has 0 bridgehead atoms. The van der Waals surface area contributed by atoms with Crippen LogP contribution in [0, 0.1) is 0 Å². The monoisotopic (exact) mass is 225 g/mol. The van der Waals surface area contributed by atoms with E-state index in [4.69, 9.17) is 17.3 Å². The number of hydrogen-bond donors (Lipinski definition) is 1. The summed E-state index contributed by atoms with van der Waals surface area (Å²) in [6, 6.07) is 8.02. The standard InChI is InChI=1S/C13H20ClN/c1-2-3-4-5-6-13(15)11-7-9-12(14)10-8-11/h7-10,13H,2-6,15H2,1H3. The highest BCUT2D eigenvalue weighted by atomic mass is 35.5. The first-order chi connectivity index (χ1) is 7.24. The van der Waals surface area contributed by atoms with Crippen molar-refractivity contribution in [2.45, 2.75) is 45.1 Å². The second kappa shape index (κ2) is 6.86. The quantitative estimate of drug-likeness (QED) is 0.718. The highest BCUT2D eigenvalue weighted by Gasteiger charge is 2.04. The van der Waals surface area contributed by atoms with E-state index in [1.165, 1.54) is 31.2 Å². The largest absolute Gasteiger partial charge is 0.324 e. The third-order valence-electron chi connectivity index (χ3n) is 2.67. The average Bonchev–Trinajstić information content (AvgIpc) is 2.25. The molecule has 0 aromatic heterocycles. The molecular formula is C13H20ClN. The van der Waals surface area contributed by atoms with Gasteiger partial charge in [0, 0.05) is 11.1 Å². The Hall–Kier alpha value is -0.530. The van der Waals surface area contributed by atoms with Crippen LogP contribution in [0.15, 0.2) is 24.3 Å². The SMILES string of the molecule is CCCCCCC(N)c1ccc(Cl)cc1. The van der Waals surface area contributed by atoms with Gasteiger partial charge in [-0.25, -0.2) is 0 Å². The van der Waals surface area contributed by atoms with E-state index >= 15 is 0 Å². The van der Waals surface area contributed by atoms with Gasteiger partial charge in [0.2, 0.25) is 0 Å². The van der Waals surface area contributed by atoms with Crippen LogP contribution >= 0.6 is 11.6 Å². The fourth-order valence-electron chi connectivity index (χ4n) is 1.67. The van der Waals surface area contributed by atoms with Crippen molar-refractivity contribution in [3.05, 3.63) is 34.9 Å². The molecule has 1 aromatic carbocycles. The third-order valence-corrected chi connectivity index (χ3v) is 2.92. The Kier molecular flexibility index (Phi) is 5.74. The Labute approximate surface area is 97.6 Å². The molecular weight excluding hydrogens is 206 g/mol. The topological polar surface area (TPSA) is 26.0 Å². The summed E-state index contributed by atoms with van der Waals surface area (Å²) in [5.74, 6) is 0. The maximum Gasteiger partial charge on any atom is 0.0406 e. The molecule has 0 saturated carbocycles. The van der Waals surface area contributed by atoms with Crippen LogP contribution in [0.1, 0.15) is 50.6 Å². The maximum atomic E-state index is 6.08. The Morgan fingerprint density at radius 3 is 2.40 bits per heavy atom. The van der Waals surface area contributed by atoms with Gasteiger partial charge in [0.25, 0.3) is 0 Å². The minimum atomic E-state index is 0.166.